The lowest BCUT2D eigenvalue weighted by Gasteiger charge is -2.09. The molecule has 0 fully saturated rings. The second-order valence-electron chi connectivity index (χ2n) is 4.63. The van der Waals surface area contributed by atoms with E-state index in [2.05, 4.69) is 19.5 Å². The van der Waals surface area contributed by atoms with Gasteiger partial charge in [-0.3, -0.25) is 4.79 Å². The molecule has 0 spiro atoms. The molecule has 7 heteroatoms. The topological polar surface area (TPSA) is 83.0 Å². The summed E-state index contributed by atoms with van der Waals surface area (Å²) < 4.78 is 6.80. The van der Waals surface area contributed by atoms with Gasteiger partial charge in [-0.05, 0) is 19.3 Å². The summed E-state index contributed by atoms with van der Waals surface area (Å²) >= 11 is 1.61. The number of ether oxygens (including phenoxy) is 1. The van der Waals surface area contributed by atoms with Crippen molar-refractivity contribution in [3.05, 3.63) is 5.82 Å². The second-order valence-corrected chi connectivity index (χ2v) is 5.69. The number of methoxy groups -OCH3 is 1. The number of thioether (sulfide) groups is 1. The van der Waals surface area contributed by atoms with Crippen molar-refractivity contribution in [2.75, 3.05) is 12.9 Å². The molecule has 0 aliphatic carbocycles. The molecule has 0 radical (unpaired) electrons. The SMILES string of the molecule is COC(=O)C(N)CCSc1nnc2n1CCCCC2. The molecule has 0 saturated heterocycles. The zero-order valence-corrected chi connectivity index (χ0v) is 12.0. The largest absolute Gasteiger partial charge is 0.468 e. The fourth-order valence-corrected chi connectivity index (χ4v) is 3.12. The van der Waals surface area contributed by atoms with Crippen LogP contribution in [0.5, 0.6) is 0 Å². The minimum atomic E-state index is -0.552. The molecular formula is C12H20N4O2S. The van der Waals surface area contributed by atoms with E-state index in [4.69, 9.17) is 5.73 Å². The lowest BCUT2D eigenvalue weighted by molar-refractivity contribution is -0.142. The Morgan fingerprint density at radius 2 is 2.32 bits per heavy atom. The Morgan fingerprint density at radius 3 is 3.11 bits per heavy atom. The number of hydrogen-bond acceptors (Lipinski definition) is 6. The van der Waals surface area contributed by atoms with Crippen molar-refractivity contribution in [1.29, 1.82) is 0 Å². The van der Waals surface area contributed by atoms with Gasteiger partial charge < -0.3 is 15.0 Å². The molecule has 1 aromatic rings. The third-order valence-corrected chi connectivity index (χ3v) is 4.24. The first-order valence-electron chi connectivity index (χ1n) is 6.60. The van der Waals surface area contributed by atoms with Gasteiger partial charge in [0.15, 0.2) is 5.16 Å². The number of carbonyl (C=O) groups is 1. The van der Waals surface area contributed by atoms with Crippen LogP contribution in [0.2, 0.25) is 0 Å². The summed E-state index contributed by atoms with van der Waals surface area (Å²) in [6.45, 7) is 0.994. The molecular weight excluding hydrogens is 264 g/mol. The van der Waals surface area contributed by atoms with E-state index in [-0.39, 0.29) is 5.97 Å². The Bertz CT molecular complexity index is 435. The monoisotopic (exact) mass is 284 g/mol. The van der Waals surface area contributed by atoms with E-state index in [1.165, 1.54) is 26.4 Å². The minimum Gasteiger partial charge on any atom is -0.468 e. The number of nitrogens with zero attached hydrogens (tertiary/aromatic N) is 3. The van der Waals surface area contributed by atoms with E-state index in [0.717, 1.165) is 29.7 Å². The average Bonchev–Trinajstić information content (AvgIpc) is 2.66. The standard InChI is InChI=1S/C12H20N4O2S/c1-18-11(17)9(13)6-8-19-12-15-14-10-5-3-2-4-7-16(10)12/h9H,2-8,13H2,1H3. The smallest absolute Gasteiger partial charge is 0.322 e. The highest BCUT2D eigenvalue weighted by atomic mass is 32.2. The van der Waals surface area contributed by atoms with Crippen LogP contribution >= 0.6 is 11.8 Å². The average molecular weight is 284 g/mol. The Balaban J connectivity index is 1.86. The summed E-state index contributed by atoms with van der Waals surface area (Å²) in [6, 6.07) is -0.552. The molecule has 2 N–H and O–H groups in total. The van der Waals surface area contributed by atoms with Crippen molar-refractivity contribution in [2.24, 2.45) is 5.73 Å². The molecule has 19 heavy (non-hydrogen) atoms. The Morgan fingerprint density at radius 1 is 1.47 bits per heavy atom. The van der Waals surface area contributed by atoms with Gasteiger partial charge in [-0.1, -0.05) is 18.2 Å². The van der Waals surface area contributed by atoms with Crippen LogP contribution in [0.1, 0.15) is 31.5 Å². The fraction of sp³-hybridized carbons (Fsp3) is 0.750. The van der Waals surface area contributed by atoms with Crippen molar-refractivity contribution in [3.63, 3.8) is 0 Å². The molecule has 2 heterocycles. The molecule has 1 aliphatic heterocycles. The van der Waals surface area contributed by atoms with E-state index < -0.39 is 6.04 Å². The molecule has 6 nitrogen and oxygen atoms in total. The van der Waals surface area contributed by atoms with Crippen LogP contribution in [-0.2, 0) is 22.5 Å². The molecule has 1 unspecified atom stereocenters. The van der Waals surface area contributed by atoms with Gasteiger partial charge >= 0.3 is 5.97 Å². The van der Waals surface area contributed by atoms with Crippen molar-refractivity contribution in [3.8, 4) is 0 Å². The highest BCUT2D eigenvalue weighted by molar-refractivity contribution is 7.99. The minimum absolute atomic E-state index is 0.360. The van der Waals surface area contributed by atoms with E-state index in [1.807, 2.05) is 0 Å². The van der Waals surface area contributed by atoms with Gasteiger partial charge in [0, 0.05) is 18.7 Å². The number of carbonyl (C=O) groups excluding carboxylic acids is 1. The van der Waals surface area contributed by atoms with Gasteiger partial charge in [-0.2, -0.15) is 0 Å². The Kier molecular flexibility index (Phi) is 5.21. The molecule has 1 aromatic heterocycles. The predicted octanol–water partition coefficient (Wildman–Crippen LogP) is 0.987. The maximum absolute atomic E-state index is 11.2. The summed E-state index contributed by atoms with van der Waals surface area (Å²) in [7, 11) is 1.35. The molecule has 0 bridgehead atoms. The third-order valence-electron chi connectivity index (χ3n) is 3.24. The van der Waals surface area contributed by atoms with Gasteiger partial charge in [0.2, 0.25) is 0 Å². The molecule has 106 valence electrons. The first kappa shape index (κ1) is 14.3. The zero-order valence-electron chi connectivity index (χ0n) is 11.2. The quantitative estimate of drug-likeness (QED) is 0.641. The Hall–Kier alpha value is -1.08. The van der Waals surface area contributed by atoms with Crippen molar-refractivity contribution >= 4 is 17.7 Å². The molecule has 2 rings (SSSR count). The van der Waals surface area contributed by atoms with E-state index >= 15 is 0 Å². The third kappa shape index (κ3) is 3.70. The summed E-state index contributed by atoms with van der Waals surface area (Å²) in [5.41, 5.74) is 5.70. The van der Waals surface area contributed by atoms with Crippen molar-refractivity contribution < 1.29 is 9.53 Å². The molecule has 0 saturated carbocycles. The number of rotatable bonds is 5. The lowest BCUT2D eigenvalue weighted by atomic mass is 10.2. The number of aromatic nitrogens is 3. The van der Waals surface area contributed by atoms with Crippen LogP contribution in [0.3, 0.4) is 0 Å². The van der Waals surface area contributed by atoms with Crippen LogP contribution < -0.4 is 5.73 Å². The van der Waals surface area contributed by atoms with Crippen LogP contribution in [0.25, 0.3) is 0 Å². The van der Waals surface area contributed by atoms with Gasteiger partial charge in [0.25, 0.3) is 0 Å². The van der Waals surface area contributed by atoms with Crippen LogP contribution in [0.4, 0.5) is 0 Å². The van der Waals surface area contributed by atoms with Crippen LogP contribution in [0, 0.1) is 0 Å². The zero-order chi connectivity index (χ0) is 13.7. The molecule has 1 atom stereocenters. The molecule has 0 aromatic carbocycles. The first-order chi connectivity index (χ1) is 9.22. The fourth-order valence-electron chi connectivity index (χ4n) is 2.11. The number of aryl methyl sites for hydroxylation is 1. The highest BCUT2D eigenvalue weighted by Crippen LogP contribution is 2.22. The van der Waals surface area contributed by atoms with E-state index in [0.29, 0.717) is 6.42 Å². The normalized spacial score (nSPS) is 16.5. The van der Waals surface area contributed by atoms with Gasteiger partial charge in [-0.15, -0.1) is 10.2 Å². The lowest BCUT2D eigenvalue weighted by Crippen LogP contribution is -2.32. The van der Waals surface area contributed by atoms with Crippen molar-refractivity contribution in [2.45, 2.75) is 49.8 Å². The molecule has 1 aliphatic rings. The van der Waals surface area contributed by atoms with Gasteiger partial charge in [-0.25, -0.2) is 0 Å². The second kappa shape index (κ2) is 6.91. The van der Waals surface area contributed by atoms with Gasteiger partial charge in [0.1, 0.15) is 11.9 Å². The summed E-state index contributed by atoms with van der Waals surface area (Å²) in [5.74, 6) is 1.46. The molecule has 0 amide bonds. The van der Waals surface area contributed by atoms with Crippen LogP contribution in [0.15, 0.2) is 5.16 Å². The summed E-state index contributed by atoms with van der Waals surface area (Å²) in [5, 5.41) is 9.39. The van der Waals surface area contributed by atoms with Crippen LogP contribution in [-0.4, -0.2) is 39.6 Å². The Labute approximate surface area is 117 Å². The maximum Gasteiger partial charge on any atom is 0.322 e. The number of nitrogens with two attached hydrogens (primary N) is 1. The highest BCUT2D eigenvalue weighted by Gasteiger charge is 2.17. The summed E-state index contributed by atoms with van der Waals surface area (Å²) in [6.07, 6.45) is 5.21. The maximum atomic E-state index is 11.2. The van der Waals surface area contributed by atoms with E-state index in [9.17, 15) is 4.79 Å². The van der Waals surface area contributed by atoms with Gasteiger partial charge in [0.05, 0.1) is 7.11 Å². The van der Waals surface area contributed by atoms with Crippen molar-refractivity contribution in [1.82, 2.24) is 14.8 Å². The number of fused-ring (bicyclic) bond motifs is 1. The number of esters is 1. The number of hydrogen-bond donors (Lipinski definition) is 1. The van der Waals surface area contributed by atoms with E-state index in [1.54, 1.807) is 11.8 Å². The first-order valence-corrected chi connectivity index (χ1v) is 7.59. The predicted molar refractivity (Wildman–Crippen MR) is 72.9 cm³/mol. The summed E-state index contributed by atoms with van der Waals surface area (Å²) in [4.78, 5) is 11.2.